The molecular weight excluding hydrogens is 270 g/mol. The number of carbonyl (C=O) groups is 2. The summed E-state index contributed by atoms with van der Waals surface area (Å²) in [6.07, 6.45) is 0.774. The van der Waals surface area contributed by atoms with Crippen molar-refractivity contribution in [3.63, 3.8) is 0 Å². The van der Waals surface area contributed by atoms with Crippen molar-refractivity contribution in [2.24, 2.45) is 5.41 Å². The van der Waals surface area contributed by atoms with E-state index in [1.54, 1.807) is 11.8 Å². The Balaban J connectivity index is 1.79. The SMILES string of the molecule is Cc1cccc(OCCC(=O)N2CCC(C)(C(=O)O)C2)c1. The van der Waals surface area contributed by atoms with Crippen LogP contribution in [0.4, 0.5) is 0 Å². The first-order valence-electron chi connectivity index (χ1n) is 7.11. The topological polar surface area (TPSA) is 66.8 Å². The molecule has 1 amide bonds. The van der Waals surface area contributed by atoms with Crippen LogP contribution >= 0.6 is 0 Å². The molecule has 0 aromatic heterocycles. The zero-order chi connectivity index (χ0) is 15.5. The van der Waals surface area contributed by atoms with E-state index in [-0.39, 0.29) is 18.9 Å². The number of aliphatic carboxylic acids is 1. The number of likely N-dealkylation sites (tertiary alicyclic amines) is 1. The van der Waals surface area contributed by atoms with Gasteiger partial charge in [0, 0.05) is 13.1 Å². The Morgan fingerprint density at radius 3 is 2.81 bits per heavy atom. The van der Waals surface area contributed by atoms with Crippen LogP contribution in [-0.4, -0.2) is 41.6 Å². The number of hydrogen-bond donors (Lipinski definition) is 1. The maximum Gasteiger partial charge on any atom is 0.311 e. The van der Waals surface area contributed by atoms with Crippen molar-refractivity contribution in [3.05, 3.63) is 29.8 Å². The number of amides is 1. The van der Waals surface area contributed by atoms with Crippen LogP contribution in [0.2, 0.25) is 0 Å². The lowest BCUT2D eigenvalue weighted by Gasteiger charge is -2.20. The summed E-state index contributed by atoms with van der Waals surface area (Å²) in [7, 11) is 0. The molecule has 1 fully saturated rings. The standard InChI is InChI=1S/C16H21NO4/c1-12-4-3-5-13(10-12)21-9-6-14(18)17-8-7-16(2,11-17)15(19)20/h3-5,10H,6-9,11H2,1-2H3,(H,19,20). The summed E-state index contributed by atoms with van der Waals surface area (Å²) in [6, 6.07) is 7.66. The zero-order valence-corrected chi connectivity index (χ0v) is 12.5. The van der Waals surface area contributed by atoms with E-state index in [9.17, 15) is 9.59 Å². The molecule has 1 saturated heterocycles. The molecule has 2 rings (SSSR count). The fourth-order valence-corrected chi connectivity index (χ4v) is 2.47. The maximum absolute atomic E-state index is 12.1. The molecule has 0 spiro atoms. The summed E-state index contributed by atoms with van der Waals surface area (Å²) in [6.45, 7) is 4.76. The predicted molar refractivity (Wildman–Crippen MR) is 78.2 cm³/mol. The second-order valence-corrected chi connectivity index (χ2v) is 5.85. The van der Waals surface area contributed by atoms with Gasteiger partial charge in [-0.1, -0.05) is 12.1 Å². The fraction of sp³-hybridized carbons (Fsp3) is 0.500. The van der Waals surface area contributed by atoms with Crippen LogP contribution in [0.3, 0.4) is 0 Å². The Bertz CT molecular complexity index is 543. The van der Waals surface area contributed by atoms with E-state index in [4.69, 9.17) is 9.84 Å². The summed E-state index contributed by atoms with van der Waals surface area (Å²) in [4.78, 5) is 24.8. The van der Waals surface area contributed by atoms with E-state index < -0.39 is 11.4 Å². The molecule has 5 nitrogen and oxygen atoms in total. The molecule has 0 radical (unpaired) electrons. The zero-order valence-electron chi connectivity index (χ0n) is 12.5. The first kappa shape index (κ1) is 15.4. The molecule has 5 heteroatoms. The van der Waals surface area contributed by atoms with E-state index in [2.05, 4.69) is 0 Å². The highest BCUT2D eigenvalue weighted by Gasteiger charge is 2.41. The molecule has 1 aliphatic heterocycles. The molecule has 1 N–H and O–H groups in total. The number of carboxylic acids is 1. The van der Waals surface area contributed by atoms with Gasteiger partial charge in [0.15, 0.2) is 0 Å². The van der Waals surface area contributed by atoms with Gasteiger partial charge in [0.05, 0.1) is 18.4 Å². The lowest BCUT2D eigenvalue weighted by atomic mass is 9.90. The smallest absolute Gasteiger partial charge is 0.311 e. The number of carboxylic acid groups (broad SMARTS) is 1. The summed E-state index contributed by atoms with van der Waals surface area (Å²) in [5.74, 6) is -0.138. The Kier molecular flexibility index (Phi) is 4.50. The van der Waals surface area contributed by atoms with Gasteiger partial charge in [0.2, 0.25) is 5.91 Å². The van der Waals surface area contributed by atoms with Crippen LogP contribution in [0.1, 0.15) is 25.3 Å². The van der Waals surface area contributed by atoms with Gasteiger partial charge in [0.1, 0.15) is 5.75 Å². The minimum absolute atomic E-state index is 0.0485. The van der Waals surface area contributed by atoms with Gasteiger partial charge in [-0.3, -0.25) is 9.59 Å². The average molecular weight is 291 g/mol. The number of nitrogens with zero attached hydrogens (tertiary/aromatic N) is 1. The average Bonchev–Trinajstić information content (AvgIpc) is 2.83. The Labute approximate surface area is 124 Å². The van der Waals surface area contributed by atoms with E-state index in [1.165, 1.54) is 0 Å². The highest BCUT2D eigenvalue weighted by molar-refractivity contribution is 5.80. The number of rotatable bonds is 5. The summed E-state index contributed by atoms with van der Waals surface area (Å²) in [5, 5.41) is 9.16. The van der Waals surface area contributed by atoms with E-state index in [0.717, 1.165) is 11.3 Å². The molecule has 1 atom stereocenters. The van der Waals surface area contributed by atoms with Crippen molar-refractivity contribution in [1.82, 2.24) is 4.90 Å². The minimum atomic E-state index is -0.839. The molecule has 0 saturated carbocycles. The Hall–Kier alpha value is -2.04. The van der Waals surface area contributed by atoms with Crippen LogP contribution in [0, 0.1) is 12.3 Å². The van der Waals surface area contributed by atoms with Gasteiger partial charge in [-0.15, -0.1) is 0 Å². The summed E-state index contributed by atoms with van der Waals surface area (Å²) >= 11 is 0. The Morgan fingerprint density at radius 1 is 1.43 bits per heavy atom. The first-order chi connectivity index (χ1) is 9.90. The lowest BCUT2D eigenvalue weighted by molar-refractivity contribution is -0.147. The maximum atomic E-state index is 12.1. The van der Waals surface area contributed by atoms with Gasteiger partial charge in [-0.2, -0.15) is 0 Å². The normalized spacial score (nSPS) is 21.3. The minimum Gasteiger partial charge on any atom is -0.493 e. The fourth-order valence-electron chi connectivity index (χ4n) is 2.47. The third-order valence-corrected chi connectivity index (χ3v) is 3.92. The Morgan fingerprint density at radius 2 is 2.19 bits per heavy atom. The molecule has 1 aromatic carbocycles. The summed E-state index contributed by atoms with van der Waals surface area (Å²) in [5.41, 5.74) is 0.295. The van der Waals surface area contributed by atoms with Gasteiger partial charge < -0.3 is 14.7 Å². The molecule has 1 unspecified atom stereocenters. The van der Waals surface area contributed by atoms with E-state index in [0.29, 0.717) is 19.6 Å². The number of aryl methyl sites for hydroxylation is 1. The van der Waals surface area contributed by atoms with Crippen molar-refractivity contribution in [3.8, 4) is 5.75 Å². The van der Waals surface area contributed by atoms with Crippen LogP contribution in [-0.2, 0) is 9.59 Å². The second-order valence-electron chi connectivity index (χ2n) is 5.85. The van der Waals surface area contributed by atoms with Crippen molar-refractivity contribution < 1.29 is 19.4 Å². The highest BCUT2D eigenvalue weighted by atomic mass is 16.5. The third-order valence-electron chi connectivity index (χ3n) is 3.92. The number of carbonyl (C=O) groups excluding carboxylic acids is 1. The van der Waals surface area contributed by atoms with Crippen molar-refractivity contribution in [2.75, 3.05) is 19.7 Å². The van der Waals surface area contributed by atoms with Crippen LogP contribution in [0.15, 0.2) is 24.3 Å². The summed E-state index contributed by atoms with van der Waals surface area (Å²) < 4.78 is 5.55. The predicted octanol–water partition coefficient (Wildman–Crippen LogP) is 2.09. The van der Waals surface area contributed by atoms with Gasteiger partial charge in [0.25, 0.3) is 0 Å². The quantitative estimate of drug-likeness (QED) is 0.902. The third kappa shape index (κ3) is 3.74. The van der Waals surface area contributed by atoms with Crippen LogP contribution in [0.25, 0.3) is 0 Å². The van der Waals surface area contributed by atoms with Gasteiger partial charge in [-0.25, -0.2) is 0 Å². The van der Waals surface area contributed by atoms with Crippen LogP contribution in [0.5, 0.6) is 5.75 Å². The highest BCUT2D eigenvalue weighted by Crippen LogP contribution is 2.30. The number of benzene rings is 1. The van der Waals surface area contributed by atoms with E-state index in [1.807, 2.05) is 31.2 Å². The number of ether oxygens (including phenoxy) is 1. The molecule has 1 heterocycles. The first-order valence-corrected chi connectivity index (χ1v) is 7.11. The van der Waals surface area contributed by atoms with Crippen molar-refractivity contribution in [2.45, 2.75) is 26.7 Å². The molecule has 1 aliphatic rings. The molecule has 114 valence electrons. The molecule has 1 aromatic rings. The molecular formula is C16H21NO4. The van der Waals surface area contributed by atoms with Crippen molar-refractivity contribution >= 4 is 11.9 Å². The largest absolute Gasteiger partial charge is 0.493 e. The second kappa shape index (κ2) is 6.16. The molecule has 21 heavy (non-hydrogen) atoms. The van der Waals surface area contributed by atoms with Gasteiger partial charge in [-0.05, 0) is 38.0 Å². The van der Waals surface area contributed by atoms with E-state index >= 15 is 0 Å². The molecule has 0 bridgehead atoms. The van der Waals surface area contributed by atoms with Crippen molar-refractivity contribution in [1.29, 1.82) is 0 Å². The number of hydrogen-bond acceptors (Lipinski definition) is 3. The van der Waals surface area contributed by atoms with Gasteiger partial charge >= 0.3 is 5.97 Å². The lowest BCUT2D eigenvalue weighted by Crippen LogP contribution is -2.35. The molecule has 0 aliphatic carbocycles. The monoisotopic (exact) mass is 291 g/mol. The van der Waals surface area contributed by atoms with Crippen LogP contribution < -0.4 is 4.74 Å².